The molecule has 2 heterocycles. The molecule has 2 amide bonds. The number of nitrogens with zero attached hydrogens (tertiary/aromatic N) is 2. The molecule has 0 spiro atoms. The third kappa shape index (κ3) is 6.52. The molecule has 1 aromatic carbocycles. The molecule has 1 aliphatic rings. The number of unbranched alkanes of at least 4 members (excludes halogenated alkanes) is 4. The topological polar surface area (TPSA) is 40.6 Å². The first kappa shape index (κ1) is 26.1. The van der Waals surface area contributed by atoms with Crippen LogP contribution in [-0.4, -0.2) is 40.7 Å². The van der Waals surface area contributed by atoms with Crippen molar-refractivity contribution < 1.29 is 9.59 Å². The van der Waals surface area contributed by atoms with Gasteiger partial charge in [-0.1, -0.05) is 61.9 Å². The average molecular weight is 510 g/mol. The average Bonchev–Trinajstić information content (AvgIpc) is 3.25. The van der Waals surface area contributed by atoms with Crippen LogP contribution in [-0.2, 0) is 16.0 Å². The minimum atomic E-state index is -0.268. The highest BCUT2D eigenvalue weighted by molar-refractivity contribution is 7.10. The highest BCUT2D eigenvalue weighted by Crippen LogP contribution is 2.41. The van der Waals surface area contributed by atoms with Crippen LogP contribution in [0.2, 0.25) is 10.0 Å². The zero-order chi connectivity index (χ0) is 24.0. The van der Waals surface area contributed by atoms with Gasteiger partial charge in [0.25, 0.3) is 0 Å². The number of amides is 2. The molecule has 1 aromatic heterocycles. The van der Waals surface area contributed by atoms with Crippen molar-refractivity contribution in [2.24, 2.45) is 0 Å². The van der Waals surface area contributed by atoms with E-state index in [-0.39, 0.29) is 30.4 Å². The maximum Gasteiger partial charge on any atom is 0.243 e. The summed E-state index contributed by atoms with van der Waals surface area (Å²) >= 11 is 14.4. The molecule has 0 radical (unpaired) electrons. The van der Waals surface area contributed by atoms with Crippen LogP contribution in [0, 0.1) is 0 Å². The number of hydrogen-bond acceptors (Lipinski definition) is 3. The van der Waals surface area contributed by atoms with Crippen molar-refractivity contribution in [2.45, 2.75) is 77.8 Å². The fraction of sp³-hybridized carbons (Fsp3) is 0.538. The summed E-state index contributed by atoms with van der Waals surface area (Å²) < 4.78 is 0. The van der Waals surface area contributed by atoms with Gasteiger partial charge in [0, 0.05) is 33.9 Å². The lowest BCUT2D eigenvalue weighted by molar-refractivity contribution is -0.143. The Morgan fingerprint density at radius 3 is 2.58 bits per heavy atom. The van der Waals surface area contributed by atoms with Crippen LogP contribution in [0.1, 0.15) is 81.3 Å². The molecule has 0 saturated heterocycles. The molecule has 1 aliphatic heterocycles. The van der Waals surface area contributed by atoms with Crippen LogP contribution in [0.5, 0.6) is 0 Å². The lowest BCUT2D eigenvalue weighted by Gasteiger charge is -2.38. The molecule has 0 aliphatic carbocycles. The third-order valence-corrected chi connectivity index (χ3v) is 7.85. The van der Waals surface area contributed by atoms with Crippen molar-refractivity contribution in [2.75, 3.05) is 13.1 Å². The van der Waals surface area contributed by atoms with Gasteiger partial charge in [-0.3, -0.25) is 9.59 Å². The first-order valence-corrected chi connectivity index (χ1v) is 13.6. The number of halogens is 2. The van der Waals surface area contributed by atoms with Crippen molar-refractivity contribution in [1.29, 1.82) is 0 Å². The largest absolute Gasteiger partial charge is 0.331 e. The number of benzene rings is 1. The van der Waals surface area contributed by atoms with Crippen LogP contribution < -0.4 is 0 Å². The highest BCUT2D eigenvalue weighted by atomic mass is 35.5. The predicted molar refractivity (Wildman–Crippen MR) is 138 cm³/mol. The quantitative estimate of drug-likeness (QED) is 0.320. The Hall–Kier alpha value is -1.56. The molecule has 180 valence electrons. The lowest BCUT2D eigenvalue weighted by Crippen LogP contribution is -2.48. The second-order valence-corrected chi connectivity index (χ2v) is 10.8. The van der Waals surface area contributed by atoms with Crippen LogP contribution in [0.25, 0.3) is 0 Å². The fourth-order valence-electron chi connectivity index (χ4n) is 4.46. The summed E-state index contributed by atoms with van der Waals surface area (Å²) in [5, 5.41) is 3.18. The Bertz CT molecular complexity index is 960. The summed E-state index contributed by atoms with van der Waals surface area (Å²) in [7, 11) is 0. The van der Waals surface area contributed by atoms with Gasteiger partial charge in [0.1, 0.15) is 6.54 Å². The second kappa shape index (κ2) is 12.2. The van der Waals surface area contributed by atoms with E-state index in [0.717, 1.165) is 36.8 Å². The first-order valence-electron chi connectivity index (χ1n) is 11.9. The summed E-state index contributed by atoms with van der Waals surface area (Å²) in [5.74, 6) is 0.0139. The summed E-state index contributed by atoms with van der Waals surface area (Å²) in [6, 6.07) is 7.23. The molecule has 2 aromatic rings. The van der Waals surface area contributed by atoms with Crippen molar-refractivity contribution >= 4 is 46.4 Å². The monoisotopic (exact) mass is 508 g/mol. The first-order chi connectivity index (χ1) is 15.8. The van der Waals surface area contributed by atoms with E-state index in [1.54, 1.807) is 22.3 Å². The van der Waals surface area contributed by atoms with Crippen LogP contribution in [0.3, 0.4) is 0 Å². The van der Waals surface area contributed by atoms with Crippen molar-refractivity contribution in [3.8, 4) is 0 Å². The Balaban J connectivity index is 1.78. The minimum absolute atomic E-state index is 0.0313. The number of thiophene rings is 1. The molecule has 4 nitrogen and oxygen atoms in total. The molecular formula is C26H34Cl2N2O2S. The van der Waals surface area contributed by atoms with Crippen LogP contribution in [0.4, 0.5) is 0 Å². The van der Waals surface area contributed by atoms with Gasteiger partial charge in [0.05, 0.1) is 6.04 Å². The zero-order valence-corrected chi connectivity index (χ0v) is 22.1. The van der Waals surface area contributed by atoms with E-state index in [1.165, 1.54) is 17.7 Å². The zero-order valence-electron chi connectivity index (χ0n) is 19.8. The van der Waals surface area contributed by atoms with Gasteiger partial charge < -0.3 is 9.80 Å². The van der Waals surface area contributed by atoms with Gasteiger partial charge in [-0.2, -0.15) is 0 Å². The van der Waals surface area contributed by atoms with Gasteiger partial charge in [0.15, 0.2) is 0 Å². The minimum Gasteiger partial charge on any atom is -0.331 e. The number of hydrogen-bond donors (Lipinski definition) is 0. The molecule has 33 heavy (non-hydrogen) atoms. The van der Waals surface area contributed by atoms with E-state index in [1.807, 2.05) is 30.9 Å². The Morgan fingerprint density at radius 1 is 1.12 bits per heavy atom. The normalized spacial score (nSPS) is 15.6. The number of fused-ring (bicyclic) bond motifs is 1. The summed E-state index contributed by atoms with van der Waals surface area (Å²) in [6.45, 7) is 6.83. The molecule has 3 rings (SSSR count). The van der Waals surface area contributed by atoms with Gasteiger partial charge in [-0.25, -0.2) is 0 Å². The Kier molecular flexibility index (Phi) is 9.66. The van der Waals surface area contributed by atoms with Crippen molar-refractivity contribution in [3.05, 3.63) is 55.7 Å². The van der Waals surface area contributed by atoms with Gasteiger partial charge >= 0.3 is 0 Å². The highest BCUT2D eigenvalue weighted by Gasteiger charge is 2.35. The van der Waals surface area contributed by atoms with Gasteiger partial charge in [-0.15, -0.1) is 11.3 Å². The molecule has 0 N–H and O–H groups in total. The summed E-state index contributed by atoms with van der Waals surface area (Å²) in [4.78, 5) is 31.4. The molecule has 1 unspecified atom stereocenters. The van der Waals surface area contributed by atoms with E-state index in [9.17, 15) is 9.59 Å². The van der Waals surface area contributed by atoms with Crippen molar-refractivity contribution in [3.63, 3.8) is 0 Å². The van der Waals surface area contributed by atoms with E-state index in [2.05, 4.69) is 18.4 Å². The predicted octanol–water partition coefficient (Wildman–Crippen LogP) is 7.13. The standard InChI is InChI=1S/C26H34Cl2N2O2S/c1-4-5-6-7-8-9-24(31)30(18(2)3)17-25(32)29-14-12-23-21(13-15-33-23)26(29)20-11-10-19(27)16-22(20)28/h10-11,13,15-16,18,26H,4-9,12,14,17H2,1-3H3. The lowest BCUT2D eigenvalue weighted by atomic mass is 9.93. The summed E-state index contributed by atoms with van der Waals surface area (Å²) in [6.07, 6.45) is 6.79. The fourth-order valence-corrected chi connectivity index (χ4v) is 5.88. The Morgan fingerprint density at radius 2 is 1.88 bits per heavy atom. The van der Waals surface area contributed by atoms with Gasteiger partial charge in [0.2, 0.25) is 11.8 Å². The maximum absolute atomic E-state index is 13.6. The smallest absolute Gasteiger partial charge is 0.243 e. The maximum atomic E-state index is 13.6. The van der Waals surface area contributed by atoms with E-state index >= 15 is 0 Å². The van der Waals surface area contributed by atoms with Crippen molar-refractivity contribution in [1.82, 2.24) is 9.80 Å². The molecule has 0 bridgehead atoms. The summed E-state index contributed by atoms with van der Waals surface area (Å²) in [5.41, 5.74) is 1.98. The SMILES string of the molecule is CCCCCCCC(=O)N(CC(=O)N1CCc2sccc2C1c1ccc(Cl)cc1Cl)C(C)C. The number of carbonyl (C=O) groups is 2. The molecule has 7 heteroatoms. The molecular weight excluding hydrogens is 475 g/mol. The third-order valence-electron chi connectivity index (χ3n) is 6.29. The number of carbonyl (C=O) groups excluding carboxylic acids is 2. The molecule has 0 saturated carbocycles. The van der Waals surface area contributed by atoms with Crippen LogP contribution >= 0.6 is 34.5 Å². The molecule has 0 fully saturated rings. The Labute approximate surface area is 211 Å². The molecule has 1 atom stereocenters. The van der Waals surface area contributed by atoms with Crippen LogP contribution in [0.15, 0.2) is 29.6 Å². The second-order valence-electron chi connectivity index (χ2n) is 8.98. The number of rotatable bonds is 10. The van der Waals surface area contributed by atoms with E-state index in [0.29, 0.717) is 23.0 Å². The van der Waals surface area contributed by atoms with E-state index < -0.39 is 0 Å². The van der Waals surface area contributed by atoms with Gasteiger partial charge in [-0.05, 0) is 61.4 Å². The van der Waals surface area contributed by atoms with E-state index in [4.69, 9.17) is 23.2 Å².